The quantitative estimate of drug-likeness (QED) is 0.675. The minimum absolute atomic E-state index is 0.0143. The van der Waals surface area contributed by atoms with Crippen molar-refractivity contribution in [2.75, 3.05) is 13.2 Å². The van der Waals surface area contributed by atoms with E-state index in [9.17, 15) is 19.1 Å². The number of amides is 1. The van der Waals surface area contributed by atoms with Crippen molar-refractivity contribution >= 4 is 12.1 Å². The summed E-state index contributed by atoms with van der Waals surface area (Å²) in [4.78, 5) is 23.0. The molecule has 0 radical (unpaired) electrons. The smallest absolute Gasteiger partial charge is 0.408 e. The van der Waals surface area contributed by atoms with E-state index in [1.807, 2.05) is 30.3 Å². The van der Waals surface area contributed by atoms with Crippen molar-refractivity contribution in [3.63, 3.8) is 0 Å². The van der Waals surface area contributed by atoms with Gasteiger partial charge in [0, 0.05) is 6.54 Å². The van der Waals surface area contributed by atoms with E-state index in [0.717, 1.165) is 5.56 Å². The van der Waals surface area contributed by atoms with Crippen LogP contribution < -0.4 is 10.6 Å². The summed E-state index contributed by atoms with van der Waals surface area (Å²) in [6.07, 6.45) is -0.469. The number of benzene rings is 1. The van der Waals surface area contributed by atoms with Gasteiger partial charge in [0.1, 0.15) is 18.3 Å². The zero-order valence-electron chi connectivity index (χ0n) is 14.2. The number of alkyl halides is 1. The van der Waals surface area contributed by atoms with Crippen molar-refractivity contribution in [1.82, 2.24) is 10.6 Å². The lowest BCUT2D eigenvalue weighted by Gasteiger charge is -2.23. The predicted octanol–water partition coefficient (Wildman–Crippen LogP) is 2.13. The van der Waals surface area contributed by atoms with Crippen LogP contribution in [-0.4, -0.2) is 48.1 Å². The number of rotatable bonds is 8. The molecule has 6 nitrogen and oxygen atoms in total. The molecule has 0 aromatic heterocycles. The standard InChI is InChI=1S/C17H25FN2O4/c1-17(2,3)24-16(23)20-13(10-18)11-19-14(15(21)22)9-12-7-5-4-6-8-12/h4-8,13-14,19H,9-11H2,1-3H3,(H,20,23)(H,21,22). The summed E-state index contributed by atoms with van der Waals surface area (Å²) in [7, 11) is 0. The third-order valence-electron chi connectivity index (χ3n) is 3.10. The molecule has 134 valence electrons. The molecular weight excluding hydrogens is 315 g/mol. The van der Waals surface area contributed by atoms with Crippen LogP contribution in [0.25, 0.3) is 0 Å². The number of hydrogen-bond acceptors (Lipinski definition) is 4. The van der Waals surface area contributed by atoms with Crippen molar-refractivity contribution < 1.29 is 23.8 Å². The Bertz CT molecular complexity index is 531. The Hall–Kier alpha value is -2.15. The van der Waals surface area contributed by atoms with Crippen LogP contribution in [0.3, 0.4) is 0 Å². The Morgan fingerprint density at radius 3 is 2.38 bits per heavy atom. The predicted molar refractivity (Wildman–Crippen MR) is 88.7 cm³/mol. The molecule has 1 rings (SSSR count). The summed E-state index contributed by atoms with van der Waals surface area (Å²) >= 11 is 0. The normalized spacial score (nSPS) is 13.8. The van der Waals surface area contributed by atoms with Gasteiger partial charge in [0.2, 0.25) is 0 Å². The second-order valence-electron chi connectivity index (χ2n) is 6.49. The van der Waals surface area contributed by atoms with Crippen LogP contribution in [0.5, 0.6) is 0 Å². The third kappa shape index (κ3) is 7.92. The molecule has 2 atom stereocenters. The number of hydrogen-bond donors (Lipinski definition) is 3. The topological polar surface area (TPSA) is 87.7 Å². The Kier molecular flexibility index (Phi) is 7.64. The van der Waals surface area contributed by atoms with Crippen molar-refractivity contribution in [3.05, 3.63) is 35.9 Å². The van der Waals surface area contributed by atoms with Gasteiger partial charge in [0.15, 0.2) is 0 Å². The first-order chi connectivity index (χ1) is 11.2. The highest BCUT2D eigenvalue weighted by atomic mass is 19.1. The number of halogens is 1. The number of carboxylic acid groups (broad SMARTS) is 1. The number of alkyl carbamates (subject to hydrolysis) is 1. The molecule has 0 heterocycles. The minimum Gasteiger partial charge on any atom is -0.480 e. The van der Waals surface area contributed by atoms with Gasteiger partial charge in [0.05, 0.1) is 6.04 Å². The number of carbonyl (C=O) groups is 2. The molecule has 24 heavy (non-hydrogen) atoms. The maximum Gasteiger partial charge on any atom is 0.408 e. The van der Waals surface area contributed by atoms with E-state index in [1.54, 1.807) is 20.8 Å². The molecule has 0 fully saturated rings. The highest BCUT2D eigenvalue weighted by Gasteiger charge is 2.22. The second-order valence-corrected chi connectivity index (χ2v) is 6.49. The first-order valence-corrected chi connectivity index (χ1v) is 7.77. The number of ether oxygens (including phenoxy) is 1. The van der Waals surface area contributed by atoms with E-state index in [4.69, 9.17) is 4.74 Å². The lowest BCUT2D eigenvalue weighted by Crippen LogP contribution is -2.49. The average molecular weight is 340 g/mol. The van der Waals surface area contributed by atoms with Crippen molar-refractivity contribution in [2.24, 2.45) is 0 Å². The number of nitrogens with one attached hydrogen (secondary N) is 2. The summed E-state index contributed by atoms with van der Waals surface area (Å²) in [6, 6.07) is 7.40. The Labute approximate surface area is 141 Å². The van der Waals surface area contributed by atoms with Crippen LogP contribution in [0.1, 0.15) is 26.3 Å². The molecule has 0 saturated carbocycles. The van der Waals surface area contributed by atoms with Crippen molar-refractivity contribution in [3.8, 4) is 0 Å². The summed E-state index contributed by atoms with van der Waals surface area (Å²) in [5.41, 5.74) is 0.171. The third-order valence-corrected chi connectivity index (χ3v) is 3.10. The van der Waals surface area contributed by atoms with Crippen LogP contribution in [0.4, 0.5) is 9.18 Å². The maximum atomic E-state index is 13.1. The number of carbonyl (C=O) groups excluding carboxylic acids is 1. The minimum atomic E-state index is -1.03. The molecular formula is C17H25FN2O4. The van der Waals surface area contributed by atoms with Crippen LogP contribution in [0, 0.1) is 0 Å². The molecule has 3 N–H and O–H groups in total. The fourth-order valence-corrected chi connectivity index (χ4v) is 2.00. The van der Waals surface area contributed by atoms with Crippen LogP contribution >= 0.6 is 0 Å². The van der Waals surface area contributed by atoms with Gasteiger partial charge in [-0.3, -0.25) is 4.79 Å². The van der Waals surface area contributed by atoms with E-state index in [1.165, 1.54) is 0 Å². The Morgan fingerprint density at radius 2 is 1.88 bits per heavy atom. The van der Waals surface area contributed by atoms with Gasteiger partial charge in [0.25, 0.3) is 0 Å². The monoisotopic (exact) mass is 340 g/mol. The van der Waals surface area contributed by atoms with E-state index >= 15 is 0 Å². The Balaban J connectivity index is 2.54. The zero-order valence-corrected chi connectivity index (χ0v) is 14.2. The summed E-state index contributed by atoms with van der Waals surface area (Å²) in [5, 5.41) is 14.5. The van der Waals surface area contributed by atoms with Gasteiger partial charge in [-0.25, -0.2) is 9.18 Å². The molecule has 1 aromatic rings. The van der Waals surface area contributed by atoms with E-state index in [0.29, 0.717) is 0 Å². The highest BCUT2D eigenvalue weighted by Crippen LogP contribution is 2.07. The summed E-state index contributed by atoms with van der Waals surface area (Å²) in [5.74, 6) is -1.03. The van der Waals surface area contributed by atoms with Crippen LogP contribution in [-0.2, 0) is 16.0 Å². The zero-order chi connectivity index (χ0) is 18.2. The summed E-state index contributed by atoms with van der Waals surface area (Å²) in [6.45, 7) is 4.27. The van der Waals surface area contributed by atoms with Gasteiger partial charge in [-0.2, -0.15) is 0 Å². The molecule has 1 amide bonds. The largest absolute Gasteiger partial charge is 0.480 e. The number of carboxylic acids is 1. The van der Waals surface area contributed by atoms with E-state index in [2.05, 4.69) is 10.6 Å². The van der Waals surface area contributed by atoms with Gasteiger partial charge in [-0.15, -0.1) is 0 Å². The maximum absolute atomic E-state index is 13.1. The van der Waals surface area contributed by atoms with Gasteiger partial charge in [-0.1, -0.05) is 30.3 Å². The van der Waals surface area contributed by atoms with Crippen LogP contribution in [0.2, 0.25) is 0 Å². The molecule has 7 heteroatoms. The molecule has 0 saturated heterocycles. The highest BCUT2D eigenvalue weighted by molar-refractivity contribution is 5.74. The number of aliphatic carboxylic acids is 1. The van der Waals surface area contributed by atoms with Crippen molar-refractivity contribution in [2.45, 2.75) is 44.9 Å². The molecule has 0 aliphatic rings. The first kappa shape index (κ1) is 19.9. The molecule has 2 unspecified atom stereocenters. The van der Waals surface area contributed by atoms with Gasteiger partial charge >= 0.3 is 12.1 Å². The lowest BCUT2D eigenvalue weighted by molar-refractivity contribution is -0.139. The van der Waals surface area contributed by atoms with E-state index in [-0.39, 0.29) is 13.0 Å². The Morgan fingerprint density at radius 1 is 1.25 bits per heavy atom. The van der Waals surface area contributed by atoms with Crippen LogP contribution in [0.15, 0.2) is 30.3 Å². The molecule has 0 bridgehead atoms. The van der Waals surface area contributed by atoms with Gasteiger partial charge in [-0.05, 0) is 32.8 Å². The molecule has 0 aliphatic heterocycles. The molecule has 0 aliphatic carbocycles. The van der Waals surface area contributed by atoms with E-state index < -0.39 is 36.4 Å². The SMILES string of the molecule is CC(C)(C)OC(=O)NC(CF)CNC(Cc1ccccc1)C(=O)O. The fraction of sp³-hybridized carbons (Fsp3) is 0.529. The average Bonchev–Trinajstić information content (AvgIpc) is 2.48. The van der Waals surface area contributed by atoms with Crippen molar-refractivity contribution in [1.29, 1.82) is 0 Å². The first-order valence-electron chi connectivity index (χ1n) is 7.77. The summed E-state index contributed by atoms with van der Waals surface area (Å²) < 4.78 is 18.1. The fourth-order valence-electron chi connectivity index (χ4n) is 2.00. The second kappa shape index (κ2) is 9.22. The lowest BCUT2D eigenvalue weighted by atomic mass is 10.1. The molecule has 0 spiro atoms. The van der Waals surface area contributed by atoms with Gasteiger partial charge < -0.3 is 20.5 Å². The molecule has 1 aromatic carbocycles.